The van der Waals surface area contributed by atoms with Crippen molar-refractivity contribution in [2.75, 3.05) is 13.1 Å². The number of hydrogen-bond acceptors (Lipinski definition) is 3. The number of nitrogens with zero attached hydrogens (tertiary/aromatic N) is 2. The number of hydrogen-bond donors (Lipinski definition) is 2. The summed E-state index contributed by atoms with van der Waals surface area (Å²) >= 11 is 4.34. The van der Waals surface area contributed by atoms with Crippen molar-refractivity contribution in [3.05, 3.63) is 70.8 Å². The molecule has 3 rings (SSSR count). The van der Waals surface area contributed by atoms with E-state index in [1.807, 2.05) is 0 Å². The molecule has 9 heteroatoms. The van der Waals surface area contributed by atoms with Gasteiger partial charge in [-0.15, -0.1) is 0 Å². The van der Waals surface area contributed by atoms with Crippen LogP contribution in [0.2, 0.25) is 0 Å². The van der Waals surface area contributed by atoms with Gasteiger partial charge in [-0.3, -0.25) is 4.90 Å². The quantitative estimate of drug-likeness (QED) is 0.533. The zero-order chi connectivity index (χ0) is 21.1. The number of carboxylic acid groups (broad SMARTS) is 1. The van der Waals surface area contributed by atoms with Crippen LogP contribution < -0.4 is 0 Å². The van der Waals surface area contributed by atoms with Crippen molar-refractivity contribution in [3.63, 3.8) is 0 Å². The predicted molar refractivity (Wildman–Crippen MR) is 103 cm³/mol. The van der Waals surface area contributed by atoms with E-state index >= 15 is 0 Å². The molecule has 1 aliphatic rings. The highest BCUT2D eigenvalue weighted by molar-refractivity contribution is 7.81. The molecule has 0 aromatic heterocycles. The Balaban J connectivity index is 1.87. The van der Waals surface area contributed by atoms with Gasteiger partial charge >= 0.3 is 6.09 Å². The predicted octanol–water partition coefficient (Wildman–Crippen LogP) is 4.30. The number of rotatable bonds is 6. The topological polar surface area (TPSA) is 43.8 Å². The monoisotopic (exact) mass is 428 g/mol. The molecule has 29 heavy (non-hydrogen) atoms. The fraction of sp³-hybridized carbons (Fsp3) is 0.350. The summed E-state index contributed by atoms with van der Waals surface area (Å²) in [5.41, 5.74) is 0.0909. The van der Waals surface area contributed by atoms with Gasteiger partial charge in [0.15, 0.2) is 0 Å². The highest BCUT2D eigenvalue weighted by Gasteiger charge is 2.35. The van der Waals surface area contributed by atoms with Crippen molar-refractivity contribution in [2.24, 2.45) is 0 Å². The molecule has 0 aliphatic carbocycles. The minimum Gasteiger partial charge on any atom is -0.465 e. The van der Waals surface area contributed by atoms with Crippen LogP contribution in [0.5, 0.6) is 0 Å². The van der Waals surface area contributed by atoms with Gasteiger partial charge in [-0.2, -0.15) is 12.6 Å². The zero-order valence-electron chi connectivity index (χ0n) is 15.4. The lowest BCUT2D eigenvalue weighted by molar-refractivity contribution is 0.121. The van der Waals surface area contributed by atoms with Crippen molar-refractivity contribution in [1.29, 1.82) is 0 Å². The Morgan fingerprint density at radius 2 is 1.55 bits per heavy atom. The van der Waals surface area contributed by atoms with E-state index in [2.05, 4.69) is 12.6 Å². The molecule has 0 radical (unpaired) electrons. The maximum Gasteiger partial charge on any atom is 0.407 e. The fourth-order valence-electron chi connectivity index (χ4n) is 3.59. The second-order valence-electron chi connectivity index (χ2n) is 7.12. The minimum atomic E-state index is -1.11. The lowest BCUT2D eigenvalue weighted by atomic mass is 10.1. The number of likely N-dealkylation sites (tertiary alicyclic amines) is 1. The molecule has 4 nitrogen and oxygen atoms in total. The van der Waals surface area contributed by atoms with Crippen LogP contribution in [0.3, 0.4) is 0 Å². The van der Waals surface area contributed by atoms with Crippen molar-refractivity contribution >= 4 is 18.7 Å². The van der Waals surface area contributed by atoms with Crippen LogP contribution in [-0.4, -0.2) is 45.4 Å². The van der Waals surface area contributed by atoms with Crippen molar-refractivity contribution in [2.45, 2.75) is 30.8 Å². The van der Waals surface area contributed by atoms with Gasteiger partial charge < -0.3 is 10.0 Å². The van der Waals surface area contributed by atoms with Crippen molar-refractivity contribution in [1.82, 2.24) is 9.80 Å². The Bertz CT molecular complexity index is 845. The SMILES string of the molecule is O=C(O)N1C[C@H](S)C[C@H]1CN(Cc1cc(F)ccc1F)Cc1cc(F)ccc1F. The molecule has 0 saturated carbocycles. The molecule has 1 saturated heterocycles. The van der Waals surface area contributed by atoms with Gasteiger partial charge in [0.05, 0.1) is 0 Å². The number of carbonyl (C=O) groups is 1. The molecule has 2 aromatic rings. The standard InChI is InChI=1S/C20H20F4N2O2S/c21-14-1-3-18(23)12(5-14)8-25(9-13-6-15(22)2-4-19(13)24)10-16-7-17(29)11-26(16)20(27)28/h1-6,16-17,29H,7-11H2,(H,27,28)/t16-,17+/m0/s1. The largest absolute Gasteiger partial charge is 0.465 e. The molecule has 1 amide bonds. The third kappa shape index (κ3) is 5.42. The maximum absolute atomic E-state index is 14.1. The molecule has 2 aromatic carbocycles. The molecule has 156 valence electrons. The smallest absolute Gasteiger partial charge is 0.407 e. The van der Waals surface area contributed by atoms with Crippen molar-refractivity contribution < 1.29 is 27.5 Å². The van der Waals surface area contributed by atoms with Crippen LogP contribution in [0.1, 0.15) is 17.5 Å². The molecule has 1 heterocycles. The summed E-state index contributed by atoms with van der Waals surface area (Å²) in [6, 6.07) is 5.59. The summed E-state index contributed by atoms with van der Waals surface area (Å²) in [6.45, 7) is 0.177. The Kier molecular flexibility index (Phi) is 6.69. The van der Waals surface area contributed by atoms with E-state index in [4.69, 9.17) is 0 Å². The lowest BCUT2D eigenvalue weighted by Crippen LogP contribution is -2.42. The Morgan fingerprint density at radius 1 is 1.03 bits per heavy atom. The van der Waals surface area contributed by atoms with E-state index in [1.165, 1.54) is 4.90 Å². The van der Waals surface area contributed by atoms with Crippen LogP contribution in [0.4, 0.5) is 22.4 Å². The normalized spacial score (nSPS) is 19.2. The van der Waals surface area contributed by atoms with Gasteiger partial charge in [0.25, 0.3) is 0 Å². The first-order valence-electron chi connectivity index (χ1n) is 9.00. The highest BCUT2D eigenvalue weighted by Crippen LogP contribution is 2.25. The van der Waals surface area contributed by atoms with E-state index in [-0.39, 0.29) is 42.6 Å². The molecular weight excluding hydrogens is 408 g/mol. The molecule has 0 spiro atoms. The summed E-state index contributed by atoms with van der Waals surface area (Å²) in [5, 5.41) is 9.25. The Labute approximate surface area is 171 Å². The lowest BCUT2D eigenvalue weighted by Gasteiger charge is -2.29. The van der Waals surface area contributed by atoms with E-state index in [0.717, 1.165) is 36.4 Å². The molecule has 0 unspecified atom stereocenters. The Hall–Kier alpha value is -2.26. The Morgan fingerprint density at radius 3 is 2.03 bits per heavy atom. The van der Waals surface area contributed by atoms with E-state index < -0.39 is 35.4 Å². The number of amides is 1. The first kappa shape index (κ1) is 21.4. The van der Waals surface area contributed by atoms with Gasteiger partial charge in [0, 0.05) is 48.6 Å². The second-order valence-corrected chi connectivity index (χ2v) is 7.85. The summed E-state index contributed by atoms with van der Waals surface area (Å²) in [6.07, 6.45) is -0.649. The van der Waals surface area contributed by atoms with Gasteiger partial charge in [0.2, 0.25) is 0 Å². The van der Waals surface area contributed by atoms with Gasteiger partial charge in [-0.1, -0.05) is 0 Å². The summed E-state index contributed by atoms with van der Waals surface area (Å²) in [5.74, 6) is -2.52. The van der Waals surface area contributed by atoms with Crippen LogP contribution in [-0.2, 0) is 13.1 Å². The number of benzene rings is 2. The molecule has 1 fully saturated rings. The average molecular weight is 428 g/mol. The first-order valence-corrected chi connectivity index (χ1v) is 9.52. The average Bonchev–Trinajstić information content (AvgIpc) is 3.01. The van der Waals surface area contributed by atoms with Gasteiger partial charge in [0.1, 0.15) is 23.3 Å². The summed E-state index contributed by atoms with van der Waals surface area (Å²) in [7, 11) is 0. The maximum atomic E-state index is 14.1. The zero-order valence-corrected chi connectivity index (χ0v) is 16.3. The van der Waals surface area contributed by atoms with Crippen LogP contribution >= 0.6 is 12.6 Å². The van der Waals surface area contributed by atoms with E-state index in [0.29, 0.717) is 6.42 Å². The van der Waals surface area contributed by atoms with Crippen LogP contribution in [0, 0.1) is 23.3 Å². The third-order valence-corrected chi connectivity index (χ3v) is 5.28. The highest BCUT2D eigenvalue weighted by atomic mass is 32.1. The van der Waals surface area contributed by atoms with Crippen molar-refractivity contribution in [3.8, 4) is 0 Å². The molecular formula is C20H20F4N2O2S. The van der Waals surface area contributed by atoms with E-state index in [1.54, 1.807) is 4.90 Å². The second kappa shape index (κ2) is 9.04. The number of thiol groups is 1. The van der Waals surface area contributed by atoms with Gasteiger partial charge in [-0.25, -0.2) is 22.4 Å². The summed E-state index contributed by atoms with van der Waals surface area (Å²) in [4.78, 5) is 14.3. The molecule has 0 bridgehead atoms. The molecule has 1 N–H and O–H groups in total. The van der Waals surface area contributed by atoms with Crippen LogP contribution in [0.25, 0.3) is 0 Å². The summed E-state index contributed by atoms with van der Waals surface area (Å²) < 4.78 is 55.4. The van der Waals surface area contributed by atoms with E-state index in [9.17, 15) is 27.5 Å². The number of halogens is 4. The third-order valence-electron chi connectivity index (χ3n) is 4.91. The van der Waals surface area contributed by atoms with Crippen LogP contribution in [0.15, 0.2) is 36.4 Å². The fourth-order valence-corrected chi connectivity index (χ4v) is 4.01. The minimum absolute atomic E-state index is 0.0455. The van der Waals surface area contributed by atoms with Gasteiger partial charge in [-0.05, 0) is 42.8 Å². The molecule has 2 atom stereocenters. The first-order chi connectivity index (χ1) is 13.7. The molecule has 1 aliphatic heterocycles.